The fourth-order valence-corrected chi connectivity index (χ4v) is 2.33. The van der Waals surface area contributed by atoms with Crippen LogP contribution in [0.5, 0.6) is 0 Å². The summed E-state index contributed by atoms with van der Waals surface area (Å²) in [5.74, 6) is -0.477. The Bertz CT molecular complexity index is 562. The summed E-state index contributed by atoms with van der Waals surface area (Å²) in [7, 11) is 0. The maximum atomic E-state index is 13.5. The number of aromatic nitrogens is 2. The molecule has 1 aromatic heterocycles. The molecule has 0 unspecified atom stereocenters. The van der Waals surface area contributed by atoms with Gasteiger partial charge in [0.2, 0.25) is 0 Å². The van der Waals surface area contributed by atoms with E-state index in [1.54, 1.807) is 17.5 Å². The molecule has 0 radical (unpaired) electrons. The lowest BCUT2D eigenvalue weighted by Gasteiger charge is -2.05. The number of hydrogen-bond acceptors (Lipinski definition) is 4. The summed E-state index contributed by atoms with van der Waals surface area (Å²) in [5, 5.41) is 7.97. The zero-order chi connectivity index (χ0) is 13.7. The third-order valence-corrected chi connectivity index (χ3v) is 3.51. The second kappa shape index (κ2) is 6.72. The van der Waals surface area contributed by atoms with Gasteiger partial charge in [-0.05, 0) is 42.1 Å². The van der Waals surface area contributed by atoms with E-state index in [0.717, 1.165) is 16.0 Å². The monoisotopic (exact) mass is 343 g/mol. The Morgan fingerprint density at radius 1 is 1.47 bits per heavy atom. The molecule has 7 heteroatoms. The molecule has 2 aromatic rings. The molecule has 1 N–H and O–H groups in total. The van der Waals surface area contributed by atoms with Crippen LogP contribution in [-0.2, 0) is 6.42 Å². The van der Waals surface area contributed by atoms with Crippen molar-refractivity contribution in [1.82, 2.24) is 14.9 Å². The Hall–Kier alpha value is -1.34. The highest BCUT2D eigenvalue weighted by Crippen LogP contribution is 2.16. The average molecular weight is 344 g/mol. The van der Waals surface area contributed by atoms with Crippen molar-refractivity contribution in [3.05, 3.63) is 45.1 Å². The van der Waals surface area contributed by atoms with Crippen LogP contribution in [-0.4, -0.2) is 22.0 Å². The molecule has 0 fully saturated rings. The molecule has 1 heterocycles. The van der Waals surface area contributed by atoms with Gasteiger partial charge in [-0.3, -0.25) is 4.79 Å². The number of benzene rings is 1. The molecule has 0 aliphatic carbocycles. The van der Waals surface area contributed by atoms with E-state index < -0.39 is 0 Å². The van der Waals surface area contributed by atoms with Crippen LogP contribution in [0.1, 0.15) is 22.5 Å². The number of halogens is 2. The predicted octanol–water partition coefficient (Wildman–Crippen LogP) is 2.80. The summed E-state index contributed by atoms with van der Waals surface area (Å²) < 4.78 is 17.9. The van der Waals surface area contributed by atoms with Gasteiger partial charge in [0.1, 0.15) is 5.82 Å². The molecule has 4 nitrogen and oxygen atoms in total. The van der Waals surface area contributed by atoms with Crippen molar-refractivity contribution in [3.63, 3.8) is 0 Å². The van der Waals surface area contributed by atoms with Gasteiger partial charge < -0.3 is 5.32 Å². The normalized spacial score (nSPS) is 10.4. The third kappa shape index (κ3) is 4.07. The Morgan fingerprint density at radius 3 is 3.00 bits per heavy atom. The van der Waals surface area contributed by atoms with Gasteiger partial charge in [0.05, 0.1) is 0 Å². The maximum Gasteiger partial charge on any atom is 0.272 e. The summed E-state index contributed by atoms with van der Waals surface area (Å²) in [5.41, 5.74) is 0.965. The Kier molecular flexibility index (Phi) is 4.98. The molecule has 0 aliphatic rings. The van der Waals surface area contributed by atoms with Crippen molar-refractivity contribution in [2.75, 3.05) is 6.54 Å². The van der Waals surface area contributed by atoms with Crippen LogP contribution >= 0.6 is 27.5 Å². The van der Waals surface area contributed by atoms with Crippen molar-refractivity contribution in [3.8, 4) is 0 Å². The van der Waals surface area contributed by atoms with Crippen molar-refractivity contribution < 1.29 is 9.18 Å². The lowest BCUT2D eigenvalue weighted by molar-refractivity contribution is 0.0948. The third-order valence-electron chi connectivity index (χ3n) is 2.52. The lowest BCUT2D eigenvalue weighted by atomic mass is 10.1. The first kappa shape index (κ1) is 14.1. The van der Waals surface area contributed by atoms with Crippen LogP contribution in [0.15, 0.2) is 28.1 Å². The van der Waals surface area contributed by atoms with Gasteiger partial charge >= 0.3 is 0 Å². The average Bonchev–Trinajstić information content (AvgIpc) is 2.90. The number of carbonyl (C=O) groups is 1. The van der Waals surface area contributed by atoms with E-state index in [1.807, 2.05) is 0 Å². The number of nitrogens with zero attached hydrogens (tertiary/aromatic N) is 2. The molecule has 100 valence electrons. The van der Waals surface area contributed by atoms with Crippen LogP contribution in [0, 0.1) is 5.82 Å². The number of aryl methyl sites for hydroxylation is 1. The van der Waals surface area contributed by atoms with Crippen molar-refractivity contribution in [2.24, 2.45) is 0 Å². The molecule has 19 heavy (non-hydrogen) atoms. The number of hydrogen-bond donors (Lipinski definition) is 1. The van der Waals surface area contributed by atoms with E-state index >= 15 is 0 Å². The van der Waals surface area contributed by atoms with Gasteiger partial charge in [0.15, 0.2) is 5.69 Å². The summed E-state index contributed by atoms with van der Waals surface area (Å²) in [6, 6.07) is 4.98. The highest BCUT2D eigenvalue weighted by molar-refractivity contribution is 9.10. The minimum Gasteiger partial charge on any atom is -0.351 e. The SMILES string of the molecule is O=C(NCCCc1ccc(Br)cc1F)c1csnn1. The van der Waals surface area contributed by atoms with Crippen LogP contribution in [0.4, 0.5) is 4.39 Å². The van der Waals surface area contributed by atoms with Gasteiger partial charge in [0.25, 0.3) is 5.91 Å². The van der Waals surface area contributed by atoms with Gasteiger partial charge in [-0.25, -0.2) is 4.39 Å². The molecule has 0 atom stereocenters. The van der Waals surface area contributed by atoms with Crippen molar-refractivity contribution in [2.45, 2.75) is 12.8 Å². The molecule has 0 bridgehead atoms. The van der Waals surface area contributed by atoms with E-state index in [0.29, 0.717) is 30.6 Å². The highest BCUT2D eigenvalue weighted by Gasteiger charge is 2.08. The second-order valence-corrected chi connectivity index (χ2v) is 5.41. The smallest absolute Gasteiger partial charge is 0.272 e. The van der Waals surface area contributed by atoms with Crippen LogP contribution < -0.4 is 5.32 Å². The largest absolute Gasteiger partial charge is 0.351 e. The van der Waals surface area contributed by atoms with E-state index in [2.05, 4.69) is 30.8 Å². The van der Waals surface area contributed by atoms with Gasteiger partial charge in [-0.1, -0.05) is 26.5 Å². The standard InChI is InChI=1S/C12H11BrFN3OS/c13-9-4-3-8(10(14)6-9)2-1-5-15-12(18)11-7-19-17-16-11/h3-4,6-7H,1-2,5H2,(H,15,18). The van der Waals surface area contributed by atoms with Gasteiger partial charge in [0, 0.05) is 16.4 Å². The zero-order valence-electron chi connectivity index (χ0n) is 9.90. The summed E-state index contributed by atoms with van der Waals surface area (Å²) in [4.78, 5) is 11.5. The summed E-state index contributed by atoms with van der Waals surface area (Å²) in [6.45, 7) is 0.478. The second-order valence-electron chi connectivity index (χ2n) is 3.89. The van der Waals surface area contributed by atoms with Crippen LogP contribution in [0.25, 0.3) is 0 Å². The zero-order valence-corrected chi connectivity index (χ0v) is 12.3. The molecular weight excluding hydrogens is 333 g/mol. The quantitative estimate of drug-likeness (QED) is 0.849. The lowest BCUT2D eigenvalue weighted by Crippen LogP contribution is -2.25. The van der Waals surface area contributed by atoms with E-state index in [1.165, 1.54) is 6.07 Å². The van der Waals surface area contributed by atoms with E-state index in [4.69, 9.17) is 0 Å². The van der Waals surface area contributed by atoms with Crippen molar-refractivity contribution in [1.29, 1.82) is 0 Å². The first-order chi connectivity index (χ1) is 9.16. The number of amides is 1. The molecule has 0 aliphatic heterocycles. The first-order valence-electron chi connectivity index (χ1n) is 5.66. The molecule has 0 saturated heterocycles. The minimum absolute atomic E-state index is 0.232. The molecule has 1 aromatic carbocycles. The Labute approximate surface area is 122 Å². The van der Waals surface area contributed by atoms with Gasteiger partial charge in [-0.2, -0.15) is 0 Å². The van der Waals surface area contributed by atoms with Crippen molar-refractivity contribution >= 4 is 33.4 Å². The van der Waals surface area contributed by atoms with E-state index in [-0.39, 0.29) is 11.7 Å². The Balaban J connectivity index is 1.76. The first-order valence-corrected chi connectivity index (χ1v) is 7.29. The number of rotatable bonds is 5. The van der Waals surface area contributed by atoms with Crippen LogP contribution in [0.3, 0.4) is 0 Å². The van der Waals surface area contributed by atoms with E-state index in [9.17, 15) is 9.18 Å². The fourth-order valence-electron chi connectivity index (χ4n) is 1.56. The molecule has 1 amide bonds. The topological polar surface area (TPSA) is 54.9 Å². The fraction of sp³-hybridized carbons (Fsp3) is 0.250. The number of nitrogens with one attached hydrogen (secondary N) is 1. The predicted molar refractivity (Wildman–Crippen MR) is 74.7 cm³/mol. The molecular formula is C12H11BrFN3OS. The van der Waals surface area contributed by atoms with Crippen LogP contribution in [0.2, 0.25) is 0 Å². The molecule has 0 saturated carbocycles. The molecule has 2 rings (SSSR count). The Morgan fingerprint density at radius 2 is 2.32 bits per heavy atom. The maximum absolute atomic E-state index is 13.5. The number of carbonyl (C=O) groups excluding carboxylic acids is 1. The van der Waals surface area contributed by atoms with Gasteiger partial charge in [-0.15, -0.1) is 5.10 Å². The summed E-state index contributed by atoms with van der Waals surface area (Å²) in [6.07, 6.45) is 1.25. The minimum atomic E-state index is -0.245. The molecule has 0 spiro atoms. The summed E-state index contributed by atoms with van der Waals surface area (Å²) >= 11 is 4.34. The highest BCUT2D eigenvalue weighted by atomic mass is 79.9.